The summed E-state index contributed by atoms with van der Waals surface area (Å²) in [6, 6.07) is 12.5. The molecule has 0 atom stereocenters. The maximum Gasteiger partial charge on any atom is 0.337 e. The van der Waals surface area contributed by atoms with Crippen LogP contribution in [0.4, 0.5) is 0 Å². The number of ether oxygens (including phenoxy) is 1. The van der Waals surface area contributed by atoms with Crippen LogP contribution in [-0.4, -0.2) is 31.8 Å². The fraction of sp³-hybridized carbons (Fsp3) is 0.350. The number of benzene rings is 2. The van der Waals surface area contributed by atoms with Crippen molar-refractivity contribution in [2.45, 2.75) is 44.2 Å². The standard InChI is InChI=1S/C20H23NO4S/c1-14-4-6-16(7-5-14)13-21(18-9-10-18)26(23,24)19-11-8-17(12-15(19)2)20(22)25-3/h4-8,11-12,18H,9-10,13H2,1-3H3. The van der Waals surface area contributed by atoms with Crippen LogP contribution >= 0.6 is 0 Å². The first-order valence-electron chi connectivity index (χ1n) is 8.59. The lowest BCUT2D eigenvalue weighted by atomic mass is 10.1. The Morgan fingerprint density at radius 1 is 1.12 bits per heavy atom. The molecule has 0 amide bonds. The number of carbonyl (C=O) groups excluding carboxylic acids is 1. The van der Waals surface area contributed by atoms with E-state index in [4.69, 9.17) is 4.74 Å². The van der Waals surface area contributed by atoms with Gasteiger partial charge in [-0.25, -0.2) is 13.2 Å². The predicted molar refractivity (Wildman–Crippen MR) is 99.4 cm³/mol. The summed E-state index contributed by atoms with van der Waals surface area (Å²) in [5, 5.41) is 0. The highest BCUT2D eigenvalue weighted by Crippen LogP contribution is 2.34. The third kappa shape index (κ3) is 3.81. The molecule has 138 valence electrons. The largest absolute Gasteiger partial charge is 0.465 e. The number of sulfonamides is 1. The maximum atomic E-state index is 13.3. The van der Waals surface area contributed by atoms with Crippen molar-refractivity contribution in [3.05, 3.63) is 64.7 Å². The van der Waals surface area contributed by atoms with Gasteiger partial charge in [0.25, 0.3) is 0 Å². The highest BCUT2D eigenvalue weighted by molar-refractivity contribution is 7.89. The molecule has 0 aromatic heterocycles. The van der Waals surface area contributed by atoms with Crippen molar-refractivity contribution < 1.29 is 17.9 Å². The summed E-state index contributed by atoms with van der Waals surface area (Å²) in [5.41, 5.74) is 3.00. The predicted octanol–water partition coefficient (Wildman–Crippen LogP) is 3.44. The molecule has 0 N–H and O–H groups in total. The van der Waals surface area contributed by atoms with Crippen LogP contribution in [0.15, 0.2) is 47.4 Å². The van der Waals surface area contributed by atoms with E-state index in [1.165, 1.54) is 19.2 Å². The number of aryl methyl sites for hydroxylation is 2. The van der Waals surface area contributed by atoms with E-state index in [1.54, 1.807) is 17.3 Å². The van der Waals surface area contributed by atoms with E-state index in [2.05, 4.69) is 0 Å². The lowest BCUT2D eigenvalue weighted by Gasteiger charge is -2.23. The van der Waals surface area contributed by atoms with Gasteiger partial charge < -0.3 is 4.74 Å². The van der Waals surface area contributed by atoms with Crippen LogP contribution in [0.1, 0.15) is 39.9 Å². The zero-order valence-corrected chi connectivity index (χ0v) is 16.0. The lowest BCUT2D eigenvalue weighted by Crippen LogP contribution is -2.33. The molecule has 1 aliphatic rings. The van der Waals surface area contributed by atoms with Gasteiger partial charge in [-0.2, -0.15) is 4.31 Å². The molecule has 1 aliphatic carbocycles. The Labute approximate surface area is 154 Å². The summed E-state index contributed by atoms with van der Waals surface area (Å²) < 4.78 is 32.8. The summed E-state index contributed by atoms with van der Waals surface area (Å²) >= 11 is 0. The van der Waals surface area contributed by atoms with Crippen LogP contribution in [0, 0.1) is 13.8 Å². The molecular formula is C20H23NO4S. The van der Waals surface area contributed by atoms with Crippen molar-refractivity contribution in [2.24, 2.45) is 0 Å². The summed E-state index contributed by atoms with van der Waals surface area (Å²) in [7, 11) is -2.34. The molecule has 0 heterocycles. The maximum absolute atomic E-state index is 13.3. The average molecular weight is 373 g/mol. The fourth-order valence-electron chi connectivity index (χ4n) is 2.96. The quantitative estimate of drug-likeness (QED) is 0.728. The van der Waals surface area contributed by atoms with Crippen LogP contribution in [0.3, 0.4) is 0 Å². The number of esters is 1. The SMILES string of the molecule is COC(=O)c1ccc(S(=O)(=O)N(Cc2ccc(C)cc2)C2CC2)c(C)c1. The van der Waals surface area contributed by atoms with Crippen LogP contribution in [0.25, 0.3) is 0 Å². The van der Waals surface area contributed by atoms with E-state index in [1.807, 2.05) is 31.2 Å². The summed E-state index contributed by atoms with van der Waals surface area (Å²) in [6.45, 7) is 4.06. The van der Waals surface area contributed by atoms with Gasteiger partial charge in [0.15, 0.2) is 0 Å². The van der Waals surface area contributed by atoms with E-state index in [9.17, 15) is 13.2 Å². The minimum absolute atomic E-state index is 0.0426. The summed E-state index contributed by atoms with van der Waals surface area (Å²) in [6.07, 6.45) is 1.76. The molecule has 0 bridgehead atoms. The van der Waals surface area contributed by atoms with E-state index in [0.717, 1.165) is 24.0 Å². The Morgan fingerprint density at radius 2 is 1.77 bits per heavy atom. The zero-order chi connectivity index (χ0) is 18.9. The zero-order valence-electron chi connectivity index (χ0n) is 15.2. The van der Waals surface area contributed by atoms with Crippen molar-refractivity contribution in [2.75, 3.05) is 7.11 Å². The van der Waals surface area contributed by atoms with E-state index >= 15 is 0 Å². The van der Waals surface area contributed by atoms with Crippen LogP contribution in [0.2, 0.25) is 0 Å². The lowest BCUT2D eigenvalue weighted by molar-refractivity contribution is 0.0600. The Balaban J connectivity index is 1.93. The van der Waals surface area contributed by atoms with E-state index in [-0.39, 0.29) is 10.9 Å². The Morgan fingerprint density at radius 3 is 2.31 bits per heavy atom. The van der Waals surface area contributed by atoms with Gasteiger partial charge in [0.05, 0.1) is 17.6 Å². The highest BCUT2D eigenvalue weighted by Gasteiger charge is 2.38. The number of hydrogen-bond acceptors (Lipinski definition) is 4. The van der Waals surface area contributed by atoms with Crippen molar-refractivity contribution in [1.29, 1.82) is 0 Å². The second-order valence-electron chi connectivity index (χ2n) is 6.74. The first-order valence-corrected chi connectivity index (χ1v) is 10.0. The number of rotatable bonds is 6. The molecule has 0 radical (unpaired) electrons. The van der Waals surface area contributed by atoms with Crippen molar-refractivity contribution >= 4 is 16.0 Å². The third-order valence-corrected chi connectivity index (χ3v) is 6.65. The minimum atomic E-state index is -3.64. The molecule has 0 spiro atoms. The van der Waals surface area contributed by atoms with Gasteiger partial charge in [0, 0.05) is 12.6 Å². The normalized spacial score (nSPS) is 14.5. The molecule has 2 aromatic rings. The van der Waals surface area contributed by atoms with Crippen LogP contribution < -0.4 is 0 Å². The Kier molecular flexibility index (Phi) is 5.16. The molecule has 6 heteroatoms. The first kappa shape index (κ1) is 18.6. The van der Waals surface area contributed by atoms with Gasteiger partial charge >= 0.3 is 5.97 Å². The number of nitrogens with zero attached hydrogens (tertiary/aromatic N) is 1. The monoisotopic (exact) mass is 373 g/mol. The second kappa shape index (κ2) is 7.21. The highest BCUT2D eigenvalue weighted by atomic mass is 32.2. The van der Waals surface area contributed by atoms with Crippen molar-refractivity contribution in [3.63, 3.8) is 0 Å². The van der Waals surface area contributed by atoms with E-state index < -0.39 is 16.0 Å². The van der Waals surface area contributed by atoms with Gasteiger partial charge in [-0.1, -0.05) is 29.8 Å². The molecular weight excluding hydrogens is 350 g/mol. The molecule has 26 heavy (non-hydrogen) atoms. The Bertz CT molecular complexity index is 915. The van der Waals surface area contributed by atoms with Gasteiger partial charge in [0.2, 0.25) is 10.0 Å². The average Bonchev–Trinajstić information content (AvgIpc) is 3.44. The molecule has 2 aromatic carbocycles. The fourth-order valence-corrected chi connectivity index (χ4v) is 4.84. The van der Waals surface area contributed by atoms with E-state index in [0.29, 0.717) is 17.7 Å². The third-order valence-electron chi connectivity index (χ3n) is 4.60. The first-order chi connectivity index (χ1) is 12.3. The topological polar surface area (TPSA) is 63.7 Å². The molecule has 0 unspecified atom stereocenters. The molecule has 3 rings (SSSR count). The molecule has 1 fully saturated rings. The number of methoxy groups -OCH3 is 1. The van der Waals surface area contributed by atoms with Gasteiger partial charge in [-0.15, -0.1) is 0 Å². The van der Waals surface area contributed by atoms with Crippen LogP contribution in [0.5, 0.6) is 0 Å². The number of hydrogen-bond donors (Lipinski definition) is 0. The van der Waals surface area contributed by atoms with Gasteiger partial charge in [0.1, 0.15) is 0 Å². The number of carbonyl (C=O) groups is 1. The van der Waals surface area contributed by atoms with Crippen molar-refractivity contribution in [1.82, 2.24) is 4.31 Å². The van der Waals surface area contributed by atoms with Gasteiger partial charge in [-0.3, -0.25) is 0 Å². The van der Waals surface area contributed by atoms with Gasteiger partial charge in [-0.05, 0) is 56.0 Å². The smallest absolute Gasteiger partial charge is 0.337 e. The Hall–Kier alpha value is -2.18. The molecule has 0 aliphatic heterocycles. The molecule has 0 saturated heterocycles. The van der Waals surface area contributed by atoms with Crippen molar-refractivity contribution in [3.8, 4) is 0 Å². The summed E-state index contributed by atoms with van der Waals surface area (Å²) in [4.78, 5) is 11.9. The minimum Gasteiger partial charge on any atom is -0.465 e. The molecule has 1 saturated carbocycles. The van der Waals surface area contributed by atoms with Crippen LogP contribution in [-0.2, 0) is 21.3 Å². The summed E-state index contributed by atoms with van der Waals surface area (Å²) in [5.74, 6) is -0.476. The second-order valence-corrected chi connectivity index (χ2v) is 8.60. The molecule has 5 nitrogen and oxygen atoms in total.